The highest BCUT2D eigenvalue weighted by molar-refractivity contribution is 7.92. The van der Waals surface area contributed by atoms with Crippen molar-refractivity contribution in [2.24, 2.45) is 0 Å². The summed E-state index contributed by atoms with van der Waals surface area (Å²) in [4.78, 5) is 16.1. The number of sulfone groups is 1. The van der Waals surface area contributed by atoms with E-state index in [1.165, 1.54) is 4.57 Å². The molecular weight excluding hydrogens is 449 g/mol. The van der Waals surface area contributed by atoms with E-state index in [1.807, 2.05) is 0 Å². The fourth-order valence-corrected chi connectivity index (χ4v) is 4.13. The quantitative estimate of drug-likeness (QED) is 0.448. The highest BCUT2D eigenvalue weighted by Gasteiger charge is 2.46. The minimum atomic E-state index is -5.53. The molecule has 8 nitrogen and oxygen atoms in total. The van der Waals surface area contributed by atoms with Crippen LogP contribution >= 0.6 is 0 Å². The number of rotatable bonds is 4. The van der Waals surface area contributed by atoms with Gasteiger partial charge in [0.15, 0.2) is 0 Å². The molecule has 2 aromatic carbocycles. The maximum Gasteiger partial charge on any atom is 0.501 e. The average Bonchev–Trinajstić information content (AvgIpc) is 3.00. The molecule has 0 radical (unpaired) electrons. The van der Waals surface area contributed by atoms with E-state index in [0.717, 1.165) is 35.0 Å². The summed E-state index contributed by atoms with van der Waals surface area (Å²) in [6, 6.07) is 10.3. The molecule has 3 N–H and O–H groups in total. The van der Waals surface area contributed by atoms with Crippen LogP contribution in [0.4, 0.5) is 18.9 Å². The van der Waals surface area contributed by atoms with Gasteiger partial charge in [0.05, 0.1) is 28.8 Å². The smallest absolute Gasteiger partial charge is 0.493 e. The predicted molar refractivity (Wildman–Crippen MR) is 110 cm³/mol. The lowest BCUT2D eigenvalue weighted by atomic mass is 10.1. The van der Waals surface area contributed by atoms with Gasteiger partial charge in [0.1, 0.15) is 0 Å². The number of nitrogen functional groups attached to an aromatic ring is 1. The Morgan fingerprint density at radius 1 is 1.06 bits per heavy atom. The maximum atomic E-state index is 12.9. The number of nitrogens with zero attached hydrogens (tertiary/aromatic N) is 3. The van der Waals surface area contributed by atoms with Gasteiger partial charge in [0, 0.05) is 17.3 Å². The van der Waals surface area contributed by atoms with Gasteiger partial charge in [-0.1, -0.05) is 6.07 Å². The summed E-state index contributed by atoms with van der Waals surface area (Å²) >= 11 is 0. The lowest BCUT2D eigenvalue weighted by molar-refractivity contribution is -0.0436. The Morgan fingerprint density at radius 2 is 1.75 bits per heavy atom. The lowest BCUT2D eigenvalue weighted by Gasteiger charge is -2.09. The number of aromatic nitrogens is 3. The van der Waals surface area contributed by atoms with Crippen LogP contribution in [0.25, 0.3) is 16.6 Å². The van der Waals surface area contributed by atoms with Crippen LogP contribution in [0.3, 0.4) is 0 Å². The second-order valence-electron chi connectivity index (χ2n) is 6.89. The number of hydrogen-bond acceptors (Lipinski definition) is 6. The molecule has 0 atom stereocenters. The van der Waals surface area contributed by atoms with Crippen molar-refractivity contribution in [1.29, 1.82) is 0 Å². The van der Waals surface area contributed by atoms with Gasteiger partial charge in [-0.15, -0.1) is 0 Å². The first-order valence-corrected chi connectivity index (χ1v) is 10.5. The van der Waals surface area contributed by atoms with Crippen molar-refractivity contribution in [3.05, 3.63) is 77.0 Å². The SMILES string of the molecule is Nc1cccc2nccc(Cn3cc(O)n(-c4ccc(S(=O)(=O)C(F)(F)F)cc4)c3=O)c12. The zero-order valence-corrected chi connectivity index (χ0v) is 16.9. The molecule has 0 aliphatic rings. The summed E-state index contributed by atoms with van der Waals surface area (Å²) in [6.45, 7) is 0.0349. The Bertz CT molecular complexity index is 1490. The van der Waals surface area contributed by atoms with Crippen LogP contribution in [0.1, 0.15) is 5.56 Å². The fourth-order valence-electron chi connectivity index (χ4n) is 3.36. The van der Waals surface area contributed by atoms with Gasteiger partial charge >= 0.3 is 11.2 Å². The van der Waals surface area contributed by atoms with Crippen molar-refractivity contribution in [1.82, 2.24) is 14.1 Å². The van der Waals surface area contributed by atoms with Gasteiger partial charge in [0.25, 0.3) is 9.84 Å². The van der Waals surface area contributed by atoms with Crippen molar-refractivity contribution in [3.63, 3.8) is 0 Å². The number of aromatic hydroxyl groups is 1. The first-order valence-electron chi connectivity index (χ1n) is 9.06. The van der Waals surface area contributed by atoms with Gasteiger partial charge in [0.2, 0.25) is 5.88 Å². The van der Waals surface area contributed by atoms with Gasteiger partial charge in [-0.05, 0) is 48.0 Å². The molecule has 4 rings (SSSR count). The minimum absolute atomic E-state index is 0.00789. The zero-order valence-electron chi connectivity index (χ0n) is 16.1. The summed E-state index contributed by atoms with van der Waals surface area (Å²) < 4.78 is 63.2. The van der Waals surface area contributed by atoms with Gasteiger partial charge in [-0.25, -0.2) is 17.8 Å². The minimum Gasteiger partial charge on any atom is -0.493 e. The Balaban J connectivity index is 1.73. The van der Waals surface area contributed by atoms with Crippen molar-refractivity contribution in [3.8, 4) is 11.6 Å². The van der Waals surface area contributed by atoms with E-state index in [2.05, 4.69) is 4.98 Å². The first kappa shape index (κ1) is 21.4. The lowest BCUT2D eigenvalue weighted by Crippen LogP contribution is -2.24. The van der Waals surface area contributed by atoms with E-state index in [9.17, 15) is 31.5 Å². The monoisotopic (exact) mass is 464 g/mol. The summed E-state index contributed by atoms with van der Waals surface area (Å²) in [6.07, 6.45) is 2.72. The molecule has 2 aromatic heterocycles. The zero-order chi connectivity index (χ0) is 23.3. The summed E-state index contributed by atoms with van der Waals surface area (Å²) in [5.74, 6) is -0.479. The topological polar surface area (TPSA) is 120 Å². The molecule has 0 unspecified atom stereocenters. The van der Waals surface area contributed by atoms with E-state index in [4.69, 9.17) is 5.73 Å². The number of hydrogen-bond donors (Lipinski definition) is 2. The van der Waals surface area contributed by atoms with Crippen LogP contribution < -0.4 is 11.4 Å². The molecular formula is C20H15F3N4O4S. The molecule has 0 bridgehead atoms. The Hall–Kier alpha value is -3.80. The van der Waals surface area contributed by atoms with Crippen molar-refractivity contribution >= 4 is 26.4 Å². The molecule has 166 valence electrons. The third kappa shape index (κ3) is 3.47. The molecule has 0 aliphatic heterocycles. The molecule has 12 heteroatoms. The fraction of sp³-hybridized carbons (Fsp3) is 0.100. The van der Waals surface area contributed by atoms with Crippen LogP contribution in [0.15, 0.2) is 70.6 Å². The van der Waals surface area contributed by atoms with Crippen LogP contribution in [0.2, 0.25) is 0 Å². The maximum absolute atomic E-state index is 12.9. The number of imidazole rings is 1. The highest BCUT2D eigenvalue weighted by Crippen LogP contribution is 2.31. The second kappa shape index (κ2) is 7.41. The number of benzene rings is 2. The first-order chi connectivity index (χ1) is 15.0. The number of nitrogens with two attached hydrogens (primary N) is 1. The molecule has 2 heterocycles. The van der Waals surface area contributed by atoms with Crippen LogP contribution in [0.5, 0.6) is 5.88 Å². The molecule has 0 spiro atoms. The standard InChI is InChI=1S/C20H15F3N4O4S/c21-20(22,23)32(30,31)14-6-4-13(5-7-14)27-17(28)11-26(19(27)29)10-12-8-9-25-16-3-1-2-15(24)18(12)16/h1-9,11,28H,10,24H2. The van der Waals surface area contributed by atoms with Crippen LogP contribution in [-0.2, 0) is 16.4 Å². The molecule has 0 amide bonds. The summed E-state index contributed by atoms with van der Waals surface area (Å²) in [5, 5.41) is 10.9. The van der Waals surface area contributed by atoms with Gasteiger partial charge < -0.3 is 10.8 Å². The van der Waals surface area contributed by atoms with Crippen molar-refractivity contribution < 1.29 is 26.7 Å². The van der Waals surface area contributed by atoms with Crippen LogP contribution in [-0.4, -0.2) is 33.2 Å². The van der Waals surface area contributed by atoms with Crippen molar-refractivity contribution in [2.45, 2.75) is 16.9 Å². The Kier molecular flexibility index (Phi) is 4.96. The van der Waals surface area contributed by atoms with E-state index in [0.29, 0.717) is 22.2 Å². The van der Waals surface area contributed by atoms with E-state index < -0.39 is 31.8 Å². The number of alkyl halides is 3. The number of fused-ring (bicyclic) bond motifs is 1. The van der Waals surface area contributed by atoms with Gasteiger partial charge in [-0.3, -0.25) is 9.55 Å². The number of pyridine rings is 1. The second-order valence-corrected chi connectivity index (χ2v) is 8.83. The molecule has 0 aliphatic carbocycles. The van der Waals surface area contributed by atoms with E-state index in [-0.39, 0.29) is 12.2 Å². The summed E-state index contributed by atoms with van der Waals surface area (Å²) in [7, 11) is -5.53. The summed E-state index contributed by atoms with van der Waals surface area (Å²) in [5.41, 5.74) is 1.65. The number of anilines is 1. The normalized spacial score (nSPS) is 12.3. The van der Waals surface area contributed by atoms with E-state index in [1.54, 1.807) is 30.5 Å². The Morgan fingerprint density at radius 3 is 2.41 bits per heavy atom. The molecule has 0 saturated heterocycles. The van der Waals surface area contributed by atoms with E-state index >= 15 is 0 Å². The van der Waals surface area contributed by atoms with Crippen LogP contribution in [0, 0.1) is 0 Å². The third-order valence-electron chi connectivity index (χ3n) is 4.87. The Labute approximate surface area is 178 Å². The predicted octanol–water partition coefficient (Wildman–Crippen LogP) is 2.82. The van der Waals surface area contributed by atoms with Crippen molar-refractivity contribution in [2.75, 3.05) is 5.73 Å². The molecule has 4 aromatic rings. The number of halogens is 3. The third-order valence-corrected chi connectivity index (χ3v) is 6.38. The molecule has 32 heavy (non-hydrogen) atoms. The largest absolute Gasteiger partial charge is 0.501 e. The van der Waals surface area contributed by atoms with Gasteiger partial charge in [-0.2, -0.15) is 13.2 Å². The molecule has 0 saturated carbocycles. The highest BCUT2D eigenvalue weighted by atomic mass is 32.2. The average molecular weight is 464 g/mol. The molecule has 0 fully saturated rings.